The summed E-state index contributed by atoms with van der Waals surface area (Å²) < 4.78 is 4.84. The Morgan fingerprint density at radius 1 is 1.15 bits per heavy atom. The lowest BCUT2D eigenvalue weighted by atomic mass is 9.78. The van der Waals surface area contributed by atoms with Gasteiger partial charge in [0.1, 0.15) is 0 Å². The van der Waals surface area contributed by atoms with Gasteiger partial charge in [-0.15, -0.1) is 0 Å². The molecule has 3 nitrogen and oxygen atoms in total. The van der Waals surface area contributed by atoms with Gasteiger partial charge in [0, 0.05) is 18.4 Å². The van der Waals surface area contributed by atoms with E-state index >= 15 is 0 Å². The van der Waals surface area contributed by atoms with E-state index in [1.807, 2.05) is 12.1 Å². The van der Waals surface area contributed by atoms with Crippen LogP contribution in [-0.4, -0.2) is 37.6 Å². The van der Waals surface area contributed by atoms with Gasteiger partial charge in [-0.3, -0.25) is 0 Å². The Hall–Kier alpha value is -2.13. The van der Waals surface area contributed by atoms with E-state index < -0.39 is 0 Å². The summed E-state index contributed by atoms with van der Waals surface area (Å²) in [6.07, 6.45) is 1.23. The van der Waals surface area contributed by atoms with E-state index in [-0.39, 0.29) is 5.97 Å². The van der Waals surface area contributed by atoms with Crippen molar-refractivity contribution in [1.29, 1.82) is 0 Å². The van der Waals surface area contributed by atoms with Gasteiger partial charge in [-0.2, -0.15) is 0 Å². The lowest BCUT2D eigenvalue weighted by Gasteiger charge is -2.37. The number of hydrogen-bond donors (Lipinski definition) is 0. The molecule has 0 amide bonds. The predicted molar refractivity (Wildman–Crippen MR) is 104 cm³/mol. The summed E-state index contributed by atoms with van der Waals surface area (Å²) in [5.74, 6) is 1.43. The molecule has 1 heterocycles. The molecular formula is C23H27NO2. The van der Waals surface area contributed by atoms with Crippen molar-refractivity contribution >= 4 is 5.97 Å². The van der Waals surface area contributed by atoms with Crippen molar-refractivity contribution in [3.8, 4) is 0 Å². The Morgan fingerprint density at radius 2 is 1.92 bits per heavy atom. The fourth-order valence-corrected chi connectivity index (χ4v) is 4.96. The molecule has 3 heteroatoms. The molecule has 0 spiro atoms. The van der Waals surface area contributed by atoms with Gasteiger partial charge in [-0.1, -0.05) is 42.8 Å². The summed E-state index contributed by atoms with van der Waals surface area (Å²) in [4.78, 5) is 14.3. The molecule has 2 aliphatic rings. The first-order valence-electron chi connectivity index (χ1n) is 9.63. The molecule has 0 N–H and O–H groups in total. The zero-order valence-electron chi connectivity index (χ0n) is 15.9. The molecular weight excluding hydrogens is 322 g/mol. The third-order valence-corrected chi connectivity index (χ3v) is 6.29. The number of hydrogen-bond acceptors (Lipinski definition) is 3. The number of benzene rings is 2. The Bertz CT molecular complexity index is 811. The SMILES string of the molecule is CCN1CCC2C(C1)c1ccc(C)cc1C2c1ccc(C(=O)OC)cc1. The monoisotopic (exact) mass is 349 g/mol. The van der Waals surface area contributed by atoms with Crippen LogP contribution in [0.4, 0.5) is 0 Å². The Kier molecular flexibility index (Phi) is 4.58. The Morgan fingerprint density at radius 3 is 2.62 bits per heavy atom. The van der Waals surface area contributed by atoms with Gasteiger partial charge in [0.25, 0.3) is 0 Å². The second kappa shape index (κ2) is 6.88. The number of carbonyl (C=O) groups is 1. The largest absolute Gasteiger partial charge is 0.465 e. The van der Waals surface area contributed by atoms with Gasteiger partial charge in [-0.05, 0) is 61.2 Å². The quantitative estimate of drug-likeness (QED) is 0.772. The van der Waals surface area contributed by atoms with Gasteiger partial charge < -0.3 is 9.64 Å². The molecule has 1 saturated heterocycles. The Labute approximate surface area is 156 Å². The number of likely N-dealkylation sites (N-methyl/N-ethyl adjacent to an activating group) is 1. The first-order chi connectivity index (χ1) is 12.6. The zero-order valence-corrected chi connectivity index (χ0v) is 15.9. The summed E-state index contributed by atoms with van der Waals surface area (Å²) in [5.41, 5.74) is 6.29. The first kappa shape index (κ1) is 17.3. The highest BCUT2D eigenvalue weighted by atomic mass is 16.5. The number of aryl methyl sites for hydroxylation is 1. The van der Waals surface area contributed by atoms with Gasteiger partial charge in [-0.25, -0.2) is 4.79 Å². The van der Waals surface area contributed by atoms with Crippen molar-refractivity contribution in [2.75, 3.05) is 26.7 Å². The van der Waals surface area contributed by atoms with E-state index in [0.29, 0.717) is 23.3 Å². The maximum atomic E-state index is 11.8. The first-order valence-corrected chi connectivity index (χ1v) is 9.63. The van der Waals surface area contributed by atoms with Crippen molar-refractivity contribution in [1.82, 2.24) is 4.90 Å². The molecule has 26 heavy (non-hydrogen) atoms. The standard InChI is InChI=1S/C23H27NO2/c1-4-24-12-11-19-21(14-24)18-10-5-15(2)13-20(18)22(19)16-6-8-17(9-7-16)23(25)26-3/h5-10,13,19,21-22H,4,11-12,14H2,1-3H3. The van der Waals surface area contributed by atoms with Crippen molar-refractivity contribution in [3.63, 3.8) is 0 Å². The van der Waals surface area contributed by atoms with Crippen LogP contribution in [0.3, 0.4) is 0 Å². The summed E-state index contributed by atoms with van der Waals surface area (Å²) >= 11 is 0. The number of rotatable bonds is 3. The highest BCUT2D eigenvalue weighted by Gasteiger charge is 2.43. The number of carbonyl (C=O) groups excluding carboxylic acids is 1. The normalized spacial score (nSPS) is 24.8. The lowest BCUT2D eigenvalue weighted by molar-refractivity contribution is 0.0600. The van der Waals surface area contributed by atoms with Crippen molar-refractivity contribution in [2.24, 2.45) is 5.92 Å². The van der Waals surface area contributed by atoms with Crippen molar-refractivity contribution < 1.29 is 9.53 Å². The second-order valence-corrected chi connectivity index (χ2v) is 7.68. The van der Waals surface area contributed by atoms with Crippen molar-refractivity contribution in [3.05, 3.63) is 70.3 Å². The second-order valence-electron chi connectivity index (χ2n) is 7.68. The number of likely N-dealkylation sites (tertiary alicyclic amines) is 1. The lowest BCUT2D eigenvalue weighted by Crippen LogP contribution is -2.38. The minimum atomic E-state index is -0.270. The molecule has 4 rings (SSSR count). The predicted octanol–water partition coefficient (Wildman–Crippen LogP) is 4.35. The molecule has 0 bridgehead atoms. The summed E-state index contributed by atoms with van der Waals surface area (Å²) in [5, 5.41) is 0. The molecule has 3 atom stereocenters. The van der Waals surface area contributed by atoms with Crippen LogP contribution >= 0.6 is 0 Å². The molecule has 0 radical (unpaired) electrons. The van der Waals surface area contributed by atoms with Crippen LogP contribution < -0.4 is 0 Å². The summed E-state index contributed by atoms with van der Waals surface area (Å²) in [6, 6.07) is 15.0. The van der Waals surface area contributed by atoms with Crippen LogP contribution in [0.5, 0.6) is 0 Å². The van der Waals surface area contributed by atoms with E-state index in [1.165, 1.54) is 42.3 Å². The number of esters is 1. The molecule has 2 aromatic carbocycles. The number of fused-ring (bicyclic) bond motifs is 3. The maximum absolute atomic E-state index is 11.8. The zero-order chi connectivity index (χ0) is 18.3. The number of nitrogens with zero attached hydrogens (tertiary/aromatic N) is 1. The highest BCUT2D eigenvalue weighted by molar-refractivity contribution is 5.89. The van der Waals surface area contributed by atoms with Gasteiger partial charge >= 0.3 is 5.97 Å². The van der Waals surface area contributed by atoms with Gasteiger partial charge in [0.2, 0.25) is 0 Å². The molecule has 1 aliphatic heterocycles. The third-order valence-electron chi connectivity index (χ3n) is 6.29. The minimum absolute atomic E-state index is 0.270. The van der Waals surface area contributed by atoms with Crippen LogP contribution in [0.25, 0.3) is 0 Å². The highest BCUT2D eigenvalue weighted by Crippen LogP contribution is 2.53. The van der Waals surface area contributed by atoms with Gasteiger partial charge in [0.05, 0.1) is 12.7 Å². The van der Waals surface area contributed by atoms with Gasteiger partial charge in [0.15, 0.2) is 0 Å². The minimum Gasteiger partial charge on any atom is -0.465 e. The number of methoxy groups -OCH3 is 1. The Balaban J connectivity index is 1.73. The van der Waals surface area contributed by atoms with Crippen molar-refractivity contribution in [2.45, 2.75) is 32.1 Å². The molecule has 3 unspecified atom stereocenters. The molecule has 2 aromatic rings. The molecule has 0 aromatic heterocycles. The molecule has 1 aliphatic carbocycles. The molecule has 1 fully saturated rings. The third kappa shape index (κ3) is 2.84. The smallest absolute Gasteiger partial charge is 0.337 e. The fourth-order valence-electron chi connectivity index (χ4n) is 4.96. The van der Waals surface area contributed by atoms with E-state index in [2.05, 4.69) is 49.1 Å². The van der Waals surface area contributed by atoms with Crippen LogP contribution in [0.2, 0.25) is 0 Å². The number of ether oxygens (including phenoxy) is 1. The van der Waals surface area contributed by atoms with Crippen LogP contribution in [0.15, 0.2) is 42.5 Å². The number of piperidine rings is 1. The molecule has 136 valence electrons. The average Bonchev–Trinajstić information content (AvgIpc) is 2.99. The van der Waals surface area contributed by atoms with Crippen LogP contribution in [-0.2, 0) is 4.74 Å². The van der Waals surface area contributed by atoms with Crippen LogP contribution in [0, 0.1) is 12.8 Å². The maximum Gasteiger partial charge on any atom is 0.337 e. The average molecular weight is 349 g/mol. The van der Waals surface area contributed by atoms with E-state index in [9.17, 15) is 4.79 Å². The van der Waals surface area contributed by atoms with E-state index in [1.54, 1.807) is 0 Å². The molecule has 0 saturated carbocycles. The van der Waals surface area contributed by atoms with E-state index in [4.69, 9.17) is 4.74 Å². The fraction of sp³-hybridized carbons (Fsp3) is 0.435. The van der Waals surface area contributed by atoms with E-state index in [0.717, 1.165) is 13.1 Å². The summed E-state index contributed by atoms with van der Waals surface area (Å²) in [7, 11) is 1.43. The van der Waals surface area contributed by atoms with Crippen LogP contribution in [0.1, 0.15) is 57.8 Å². The topological polar surface area (TPSA) is 29.5 Å². The summed E-state index contributed by atoms with van der Waals surface area (Å²) in [6.45, 7) is 7.91.